The molecule has 55 heavy (non-hydrogen) atoms. The molecule has 282 valence electrons. The fourth-order valence-corrected chi connectivity index (χ4v) is 9.19. The van der Waals surface area contributed by atoms with Gasteiger partial charge in [0, 0.05) is 97.0 Å². The molecule has 9 nitrogen and oxygen atoms in total. The molecule has 2 amide bonds. The van der Waals surface area contributed by atoms with Crippen LogP contribution in [-0.2, 0) is 37.1 Å². The Bertz CT molecular complexity index is 2260. The van der Waals surface area contributed by atoms with Gasteiger partial charge in [-0.3, -0.25) is 19.4 Å². The molecule has 5 heterocycles. The summed E-state index contributed by atoms with van der Waals surface area (Å²) in [5, 5.41) is 10.7. The Morgan fingerprint density at radius 1 is 0.818 bits per heavy atom. The number of halogens is 1. The number of morpholine rings is 1. The number of anilines is 3. The summed E-state index contributed by atoms with van der Waals surface area (Å²) in [6, 6.07) is 29.0. The highest BCUT2D eigenvalue weighted by Gasteiger charge is 2.35. The van der Waals surface area contributed by atoms with Gasteiger partial charge in [0.25, 0.3) is 11.8 Å². The summed E-state index contributed by atoms with van der Waals surface area (Å²) >= 11 is 6.76. The van der Waals surface area contributed by atoms with E-state index in [9.17, 15) is 5.11 Å². The monoisotopic (exact) mass is 755 g/mol. The van der Waals surface area contributed by atoms with E-state index in [4.69, 9.17) is 16.3 Å². The predicted octanol–water partition coefficient (Wildman–Crippen LogP) is 7.72. The first-order chi connectivity index (χ1) is 26.8. The van der Waals surface area contributed by atoms with E-state index in [1.165, 1.54) is 22.4 Å². The van der Waals surface area contributed by atoms with E-state index >= 15 is 9.59 Å². The molecule has 0 unspecified atom stereocenters. The van der Waals surface area contributed by atoms with Gasteiger partial charge in [0.05, 0.1) is 18.8 Å². The van der Waals surface area contributed by atoms with Crippen LogP contribution in [0.3, 0.4) is 0 Å². The lowest BCUT2D eigenvalue weighted by molar-refractivity contribution is 0.0193. The van der Waals surface area contributed by atoms with Crippen LogP contribution in [0.4, 0.5) is 17.1 Å². The number of amides is 2. The molecule has 0 saturated carbocycles. The van der Waals surface area contributed by atoms with Crippen LogP contribution in [0, 0.1) is 0 Å². The first-order valence-corrected chi connectivity index (χ1v) is 19.9. The number of aromatic nitrogens is 1. The average Bonchev–Trinajstić information content (AvgIpc) is 3.79. The van der Waals surface area contributed by atoms with Crippen molar-refractivity contribution in [3.8, 4) is 17.0 Å². The number of benzene rings is 4. The molecule has 0 radical (unpaired) electrons. The molecule has 4 aromatic carbocycles. The highest BCUT2D eigenvalue weighted by atomic mass is 35.5. The highest BCUT2D eigenvalue weighted by molar-refractivity contribution is 6.31. The van der Waals surface area contributed by atoms with E-state index in [-0.39, 0.29) is 23.6 Å². The number of fused-ring (bicyclic) bond motifs is 3. The van der Waals surface area contributed by atoms with Crippen molar-refractivity contribution in [3.63, 3.8) is 0 Å². The summed E-state index contributed by atoms with van der Waals surface area (Å²) in [7, 11) is 2.09. The molecule has 4 aliphatic heterocycles. The standard InChI is InChI=1S/C45H46ClN5O4/c1-47-19-17-31-25-35(12-16-41(31)47)51(34-10-13-37(52)14-11-34)45(54)40-27-43(49-18-5-4-8-42(40)49)39-26-33(46)9-15-38(39)44(53)50-28-32-7-3-2-6-30(32)24-36(50)29-48-20-22-55-23-21-48/h2-3,6-7,9-16,25-27,36,52H,4-5,8,17-24,28-29H2,1H3/t36-/m0/s1. The van der Waals surface area contributed by atoms with Crippen molar-refractivity contribution in [1.29, 1.82) is 0 Å². The van der Waals surface area contributed by atoms with Crippen LogP contribution in [-0.4, -0.2) is 83.8 Å². The van der Waals surface area contributed by atoms with Gasteiger partial charge in [-0.05, 0) is 116 Å². The summed E-state index contributed by atoms with van der Waals surface area (Å²) in [5.41, 5.74) is 10.00. The van der Waals surface area contributed by atoms with Crippen LogP contribution in [0.2, 0.25) is 5.02 Å². The van der Waals surface area contributed by atoms with Crippen molar-refractivity contribution in [3.05, 3.63) is 130 Å². The molecule has 1 N–H and O–H groups in total. The Balaban J connectivity index is 1.12. The number of carbonyl (C=O) groups is 2. The van der Waals surface area contributed by atoms with E-state index in [0.717, 1.165) is 87.5 Å². The Hall–Kier alpha value is -5.09. The van der Waals surface area contributed by atoms with Crippen LogP contribution >= 0.6 is 11.6 Å². The molecule has 4 aliphatic rings. The minimum atomic E-state index is -0.151. The Morgan fingerprint density at radius 3 is 2.42 bits per heavy atom. The minimum absolute atomic E-state index is 0.00614. The lowest BCUT2D eigenvalue weighted by Gasteiger charge is -2.40. The van der Waals surface area contributed by atoms with Gasteiger partial charge in [0.15, 0.2) is 0 Å². The fourth-order valence-electron chi connectivity index (χ4n) is 9.02. The third-order valence-electron chi connectivity index (χ3n) is 11.9. The molecule has 1 fully saturated rings. The van der Waals surface area contributed by atoms with E-state index in [1.807, 2.05) is 30.3 Å². The number of phenolic OH excluding ortho intramolecular Hbond substituents is 1. The summed E-state index contributed by atoms with van der Waals surface area (Å²) in [4.78, 5) is 38.6. The zero-order valence-electron chi connectivity index (χ0n) is 31.2. The van der Waals surface area contributed by atoms with Gasteiger partial charge in [0.1, 0.15) is 5.75 Å². The van der Waals surface area contributed by atoms with Gasteiger partial charge < -0.3 is 24.2 Å². The zero-order valence-corrected chi connectivity index (χ0v) is 32.0. The summed E-state index contributed by atoms with van der Waals surface area (Å²) in [6.45, 7) is 6.07. The molecule has 5 aromatic rings. The smallest absolute Gasteiger partial charge is 0.264 e. The molecule has 0 spiro atoms. The molecule has 10 heteroatoms. The molecule has 0 aliphatic carbocycles. The highest BCUT2D eigenvalue weighted by Crippen LogP contribution is 2.40. The topological polar surface area (TPSA) is 81.5 Å². The number of phenols is 1. The molecule has 1 atom stereocenters. The van der Waals surface area contributed by atoms with E-state index in [2.05, 4.69) is 56.6 Å². The van der Waals surface area contributed by atoms with Gasteiger partial charge in [-0.25, -0.2) is 0 Å². The normalized spacial score (nSPS) is 18.1. The molecular weight excluding hydrogens is 710 g/mol. The quantitative estimate of drug-likeness (QED) is 0.183. The lowest BCUT2D eigenvalue weighted by Crippen LogP contribution is -2.52. The van der Waals surface area contributed by atoms with Gasteiger partial charge in [-0.1, -0.05) is 35.9 Å². The van der Waals surface area contributed by atoms with Crippen LogP contribution < -0.4 is 9.80 Å². The van der Waals surface area contributed by atoms with Crippen molar-refractivity contribution in [2.24, 2.45) is 0 Å². The number of hydrogen-bond donors (Lipinski definition) is 1. The maximum atomic E-state index is 15.1. The minimum Gasteiger partial charge on any atom is -0.508 e. The second-order valence-corrected chi connectivity index (χ2v) is 15.7. The Morgan fingerprint density at radius 2 is 1.60 bits per heavy atom. The third kappa shape index (κ3) is 6.79. The zero-order chi connectivity index (χ0) is 37.6. The van der Waals surface area contributed by atoms with E-state index in [0.29, 0.717) is 41.6 Å². The number of hydrogen-bond acceptors (Lipinski definition) is 6. The first-order valence-electron chi connectivity index (χ1n) is 19.5. The molecular formula is C45H46ClN5O4. The Labute approximate surface area is 327 Å². The van der Waals surface area contributed by atoms with E-state index in [1.54, 1.807) is 35.2 Å². The van der Waals surface area contributed by atoms with Crippen LogP contribution in [0.1, 0.15) is 55.9 Å². The van der Waals surface area contributed by atoms with Gasteiger partial charge in [-0.2, -0.15) is 0 Å². The second kappa shape index (κ2) is 14.9. The van der Waals surface area contributed by atoms with Crippen molar-refractivity contribution in [2.45, 2.75) is 51.2 Å². The average molecular weight is 756 g/mol. The number of nitrogens with zero attached hydrogens (tertiary/aromatic N) is 5. The van der Waals surface area contributed by atoms with E-state index < -0.39 is 0 Å². The number of aromatic hydroxyl groups is 1. The van der Waals surface area contributed by atoms with Crippen LogP contribution in [0.25, 0.3) is 11.3 Å². The van der Waals surface area contributed by atoms with Crippen molar-refractivity contribution in [1.82, 2.24) is 14.4 Å². The summed E-state index contributed by atoms with van der Waals surface area (Å²) in [6.07, 6.45) is 4.37. The fraction of sp³-hybridized carbons (Fsp3) is 0.333. The maximum Gasteiger partial charge on any atom is 0.264 e. The number of rotatable bonds is 7. The summed E-state index contributed by atoms with van der Waals surface area (Å²) in [5.74, 6) is -0.0488. The molecule has 1 saturated heterocycles. The largest absolute Gasteiger partial charge is 0.508 e. The maximum absolute atomic E-state index is 15.1. The summed E-state index contributed by atoms with van der Waals surface area (Å²) < 4.78 is 7.88. The van der Waals surface area contributed by atoms with Crippen LogP contribution in [0.5, 0.6) is 5.75 Å². The SMILES string of the molecule is CN1CCc2cc(N(C(=O)c3cc(-c4cc(Cl)ccc4C(=O)N4Cc5ccccc5C[C@H]4CN4CCOCC4)n4c3CCCC4)c3ccc(O)cc3)ccc21. The third-order valence-corrected chi connectivity index (χ3v) is 12.2. The van der Waals surface area contributed by atoms with Crippen LogP contribution in [0.15, 0.2) is 91.0 Å². The number of likely N-dealkylation sites (N-methyl/N-ethyl adjacent to an activating group) is 1. The van der Waals surface area contributed by atoms with Gasteiger partial charge in [0.2, 0.25) is 0 Å². The van der Waals surface area contributed by atoms with Crippen molar-refractivity contribution < 1.29 is 19.4 Å². The van der Waals surface area contributed by atoms with Gasteiger partial charge in [-0.15, -0.1) is 0 Å². The number of ether oxygens (including phenoxy) is 1. The molecule has 9 rings (SSSR count). The molecule has 0 bridgehead atoms. The first kappa shape index (κ1) is 35.6. The second-order valence-electron chi connectivity index (χ2n) is 15.3. The van der Waals surface area contributed by atoms with Crippen molar-refractivity contribution in [2.75, 3.05) is 56.2 Å². The van der Waals surface area contributed by atoms with Crippen molar-refractivity contribution >= 4 is 40.5 Å². The lowest BCUT2D eigenvalue weighted by atomic mass is 9.92. The Kier molecular flexibility index (Phi) is 9.62. The predicted molar refractivity (Wildman–Crippen MR) is 217 cm³/mol. The number of carbonyl (C=O) groups excluding carboxylic acids is 2. The van der Waals surface area contributed by atoms with Gasteiger partial charge >= 0.3 is 0 Å². The molecule has 1 aromatic heterocycles.